The lowest BCUT2D eigenvalue weighted by molar-refractivity contribution is -0.391. The van der Waals surface area contributed by atoms with Gasteiger partial charge in [-0.2, -0.15) is 13.2 Å². The van der Waals surface area contributed by atoms with Gasteiger partial charge in [-0.1, -0.05) is 6.07 Å². The summed E-state index contributed by atoms with van der Waals surface area (Å²) >= 11 is 1.22. The zero-order valence-corrected chi connectivity index (χ0v) is 12.8. The standard InChI is InChI=1S/C13H8F3N5O2S/c1-20-10(21(22)23)6-17-12(20)11-18-7(8-3-2-4-24-8)5-9(19-11)13(14,15)16/h2-6H,1H3. The van der Waals surface area contributed by atoms with Crippen LogP contribution in [-0.2, 0) is 13.2 Å². The molecule has 0 aromatic carbocycles. The molecule has 0 unspecified atom stereocenters. The summed E-state index contributed by atoms with van der Waals surface area (Å²) < 4.78 is 40.4. The lowest BCUT2D eigenvalue weighted by Crippen LogP contribution is -2.11. The van der Waals surface area contributed by atoms with Gasteiger partial charge in [0.1, 0.15) is 11.9 Å². The number of rotatable bonds is 3. The van der Waals surface area contributed by atoms with Crippen LogP contribution in [0.25, 0.3) is 22.2 Å². The first kappa shape index (κ1) is 16.1. The van der Waals surface area contributed by atoms with Crippen molar-refractivity contribution in [2.24, 2.45) is 7.05 Å². The van der Waals surface area contributed by atoms with Crippen molar-refractivity contribution in [3.05, 3.63) is 45.6 Å². The van der Waals surface area contributed by atoms with Crippen LogP contribution in [-0.4, -0.2) is 24.4 Å². The largest absolute Gasteiger partial charge is 0.433 e. The monoisotopic (exact) mass is 355 g/mol. The van der Waals surface area contributed by atoms with Gasteiger partial charge >= 0.3 is 12.0 Å². The minimum absolute atomic E-state index is 0.0768. The van der Waals surface area contributed by atoms with Crippen molar-refractivity contribution in [2.75, 3.05) is 0 Å². The van der Waals surface area contributed by atoms with Crippen LogP contribution >= 0.6 is 11.3 Å². The number of nitrogens with zero attached hydrogens (tertiary/aromatic N) is 5. The van der Waals surface area contributed by atoms with Gasteiger partial charge < -0.3 is 10.1 Å². The van der Waals surface area contributed by atoms with Crippen LogP contribution < -0.4 is 0 Å². The summed E-state index contributed by atoms with van der Waals surface area (Å²) in [6.45, 7) is 0. The quantitative estimate of drug-likeness (QED) is 0.530. The minimum atomic E-state index is -4.68. The Morgan fingerprint density at radius 3 is 2.62 bits per heavy atom. The Morgan fingerprint density at radius 1 is 1.33 bits per heavy atom. The summed E-state index contributed by atoms with van der Waals surface area (Å²) in [5.41, 5.74) is -1.06. The van der Waals surface area contributed by atoms with Gasteiger partial charge in [-0.3, -0.25) is 0 Å². The Bertz CT molecular complexity index is 905. The summed E-state index contributed by atoms with van der Waals surface area (Å²) in [4.78, 5) is 22.1. The molecule has 11 heteroatoms. The number of halogens is 3. The highest BCUT2D eigenvalue weighted by molar-refractivity contribution is 7.13. The summed E-state index contributed by atoms with van der Waals surface area (Å²) in [7, 11) is 1.31. The van der Waals surface area contributed by atoms with Crippen LogP contribution in [0.3, 0.4) is 0 Å². The fourth-order valence-electron chi connectivity index (χ4n) is 2.02. The van der Waals surface area contributed by atoms with E-state index >= 15 is 0 Å². The second-order valence-electron chi connectivity index (χ2n) is 4.69. The highest BCUT2D eigenvalue weighted by Crippen LogP contribution is 2.33. The maximum atomic E-state index is 13.1. The Kier molecular flexibility index (Phi) is 3.79. The molecule has 3 aromatic heterocycles. The average Bonchev–Trinajstić information content (AvgIpc) is 3.15. The predicted octanol–water partition coefficient (Wildman–Crippen LogP) is 3.53. The van der Waals surface area contributed by atoms with Gasteiger partial charge in [-0.25, -0.2) is 19.5 Å². The van der Waals surface area contributed by atoms with Gasteiger partial charge in [0.25, 0.3) is 5.82 Å². The van der Waals surface area contributed by atoms with Crippen LogP contribution in [0.4, 0.5) is 19.0 Å². The van der Waals surface area contributed by atoms with E-state index in [1.165, 1.54) is 18.4 Å². The Labute approximate surface area is 136 Å². The first-order valence-corrected chi connectivity index (χ1v) is 7.32. The van der Waals surface area contributed by atoms with Crippen molar-refractivity contribution in [1.29, 1.82) is 0 Å². The number of aromatic nitrogens is 4. The molecule has 0 aliphatic heterocycles. The zero-order chi connectivity index (χ0) is 17.5. The molecule has 0 aliphatic carbocycles. The molecule has 3 heterocycles. The Morgan fingerprint density at radius 2 is 2.08 bits per heavy atom. The summed E-state index contributed by atoms with van der Waals surface area (Å²) in [6.07, 6.45) is -3.73. The molecule has 0 spiro atoms. The summed E-state index contributed by atoms with van der Waals surface area (Å²) in [5, 5.41) is 12.6. The average molecular weight is 355 g/mol. The van der Waals surface area contributed by atoms with E-state index in [0.29, 0.717) is 4.88 Å². The molecular weight excluding hydrogens is 347 g/mol. The Hall–Kier alpha value is -2.82. The maximum absolute atomic E-state index is 13.1. The van der Waals surface area contributed by atoms with Crippen molar-refractivity contribution < 1.29 is 18.1 Å². The number of thiophene rings is 1. The molecule has 3 aromatic rings. The maximum Gasteiger partial charge on any atom is 0.433 e. The van der Waals surface area contributed by atoms with E-state index in [0.717, 1.165) is 16.8 Å². The predicted molar refractivity (Wildman–Crippen MR) is 79.2 cm³/mol. The molecule has 0 N–H and O–H groups in total. The lowest BCUT2D eigenvalue weighted by Gasteiger charge is -2.08. The van der Waals surface area contributed by atoms with Crippen LogP contribution in [0.1, 0.15) is 5.69 Å². The highest BCUT2D eigenvalue weighted by Gasteiger charge is 2.35. The molecule has 0 saturated carbocycles. The van der Waals surface area contributed by atoms with Crippen molar-refractivity contribution in [1.82, 2.24) is 19.5 Å². The molecule has 0 bridgehead atoms. The summed E-state index contributed by atoms with van der Waals surface area (Å²) in [5.74, 6) is -0.821. The van der Waals surface area contributed by atoms with Gasteiger partial charge in [-0.05, 0) is 22.4 Å². The van der Waals surface area contributed by atoms with E-state index in [1.807, 2.05) is 0 Å². The molecule has 0 saturated heterocycles. The second kappa shape index (κ2) is 5.67. The topological polar surface area (TPSA) is 86.7 Å². The van der Waals surface area contributed by atoms with Crippen LogP contribution in [0, 0.1) is 10.1 Å². The molecular formula is C13H8F3N5O2S. The van der Waals surface area contributed by atoms with E-state index < -0.39 is 16.8 Å². The second-order valence-corrected chi connectivity index (χ2v) is 5.64. The van der Waals surface area contributed by atoms with Crippen LogP contribution in [0.2, 0.25) is 0 Å². The van der Waals surface area contributed by atoms with Crippen molar-refractivity contribution in [3.8, 4) is 22.2 Å². The molecule has 0 amide bonds. The van der Waals surface area contributed by atoms with E-state index in [1.54, 1.807) is 17.5 Å². The molecule has 0 radical (unpaired) electrons. The van der Waals surface area contributed by atoms with Gasteiger partial charge in [0.15, 0.2) is 0 Å². The highest BCUT2D eigenvalue weighted by atomic mass is 32.1. The molecule has 0 aliphatic rings. The van der Waals surface area contributed by atoms with Crippen LogP contribution in [0.15, 0.2) is 29.8 Å². The van der Waals surface area contributed by atoms with Crippen molar-refractivity contribution >= 4 is 17.2 Å². The van der Waals surface area contributed by atoms with Gasteiger partial charge in [0.05, 0.1) is 17.6 Å². The third-order valence-electron chi connectivity index (χ3n) is 3.14. The molecule has 0 atom stereocenters. The number of hydrogen-bond donors (Lipinski definition) is 0. The molecule has 7 nitrogen and oxygen atoms in total. The normalized spacial score (nSPS) is 11.7. The third-order valence-corrected chi connectivity index (χ3v) is 4.03. The van der Waals surface area contributed by atoms with E-state index in [9.17, 15) is 23.3 Å². The zero-order valence-electron chi connectivity index (χ0n) is 12.0. The van der Waals surface area contributed by atoms with Gasteiger partial charge in [0.2, 0.25) is 5.82 Å². The van der Waals surface area contributed by atoms with E-state index in [-0.39, 0.29) is 23.2 Å². The minimum Gasteiger partial charge on any atom is -0.358 e. The lowest BCUT2D eigenvalue weighted by atomic mass is 10.2. The molecule has 3 rings (SSSR count). The van der Waals surface area contributed by atoms with Gasteiger partial charge in [-0.15, -0.1) is 11.3 Å². The van der Waals surface area contributed by atoms with Gasteiger partial charge in [0, 0.05) is 0 Å². The summed E-state index contributed by atoms with van der Waals surface area (Å²) in [6, 6.07) is 4.14. The van der Waals surface area contributed by atoms with Crippen LogP contribution in [0.5, 0.6) is 0 Å². The fraction of sp³-hybridized carbons (Fsp3) is 0.154. The fourth-order valence-corrected chi connectivity index (χ4v) is 2.71. The first-order chi connectivity index (χ1) is 11.3. The number of hydrogen-bond acceptors (Lipinski definition) is 6. The molecule has 24 heavy (non-hydrogen) atoms. The number of alkyl halides is 3. The molecule has 124 valence electrons. The smallest absolute Gasteiger partial charge is 0.358 e. The van der Waals surface area contributed by atoms with E-state index in [2.05, 4.69) is 15.0 Å². The SMILES string of the molecule is Cn1c([N+](=O)[O-])cnc1-c1nc(-c2cccs2)cc(C(F)(F)F)n1. The number of imidazole rings is 1. The van der Waals surface area contributed by atoms with E-state index in [4.69, 9.17) is 0 Å². The first-order valence-electron chi connectivity index (χ1n) is 6.44. The van der Waals surface area contributed by atoms with Crippen molar-refractivity contribution in [2.45, 2.75) is 6.18 Å². The van der Waals surface area contributed by atoms with Crippen molar-refractivity contribution in [3.63, 3.8) is 0 Å². The third kappa shape index (κ3) is 2.85. The Balaban J connectivity index is 2.21. The molecule has 0 fully saturated rings. The number of nitro groups is 1.